The summed E-state index contributed by atoms with van der Waals surface area (Å²) in [5.41, 5.74) is 1.24. The Balaban J connectivity index is 3.11. The second kappa shape index (κ2) is 16.0. The number of hydrogen-bond donors (Lipinski definition) is 0. The van der Waals surface area contributed by atoms with Gasteiger partial charge in [0.25, 0.3) is 0 Å². The van der Waals surface area contributed by atoms with Crippen LogP contribution in [0.3, 0.4) is 0 Å². The number of rotatable bonds is 17. The van der Waals surface area contributed by atoms with Crippen LogP contribution in [0, 0.1) is 0 Å². The van der Waals surface area contributed by atoms with E-state index < -0.39 is 0 Å². The predicted octanol–water partition coefficient (Wildman–Crippen LogP) is 5.75. The van der Waals surface area contributed by atoms with Gasteiger partial charge in [0.05, 0.1) is 5.79 Å². The van der Waals surface area contributed by atoms with Crippen molar-refractivity contribution in [3.8, 4) is 0 Å². The maximum absolute atomic E-state index is 3.97. The third-order valence-corrected chi connectivity index (χ3v) is 6.94. The summed E-state index contributed by atoms with van der Waals surface area (Å²) in [7, 11) is 0.805. The largest absolute Gasteiger partial charge is 0.291 e. The zero-order chi connectivity index (χ0) is 20.6. The van der Waals surface area contributed by atoms with E-state index in [0.717, 1.165) is 9.52 Å². The number of nitrogens with zero attached hydrogens (tertiary/aromatic N) is 2. The molecule has 28 heavy (non-hydrogen) atoms. The summed E-state index contributed by atoms with van der Waals surface area (Å²) in [5.74, 6) is 0.538. The smallest absolute Gasteiger partial charge is 0.123 e. The molecule has 0 aliphatic carbocycles. The molecule has 0 unspecified atom stereocenters. The fraction of sp³-hybridized carbons (Fsp3) is 0.680. The highest BCUT2D eigenvalue weighted by Crippen LogP contribution is 2.13. The molecule has 1 aromatic carbocycles. The molecule has 0 fully saturated rings. The van der Waals surface area contributed by atoms with E-state index in [1.807, 2.05) is 6.08 Å². The SMILES string of the molecule is C=Cc1cccc([Si]C(N(CCCC)CCCC)N(CCCC)CCCC)c1. The molecule has 0 bridgehead atoms. The molecular formula is C25H44N2Si. The molecule has 0 aliphatic heterocycles. The summed E-state index contributed by atoms with van der Waals surface area (Å²) in [6.45, 7) is 18.1. The molecule has 2 nitrogen and oxygen atoms in total. The van der Waals surface area contributed by atoms with Crippen LogP contribution in [-0.2, 0) is 0 Å². The van der Waals surface area contributed by atoms with Crippen molar-refractivity contribution in [2.75, 3.05) is 26.2 Å². The summed E-state index contributed by atoms with van der Waals surface area (Å²) >= 11 is 0. The second-order valence-electron chi connectivity index (χ2n) is 7.83. The standard InChI is InChI=1S/C25H44N2Si/c1-6-11-18-26(19-12-7-2)25(27(20-13-8-3)21-14-9-4)28-24-17-15-16-23(10-5)22-24/h10,15-17,22,25H,5-9,11-14,18-21H2,1-4H3. The summed E-state index contributed by atoms with van der Waals surface area (Å²) in [6, 6.07) is 9.01. The molecule has 0 saturated heterocycles. The minimum absolute atomic E-state index is 0.538. The molecule has 1 aromatic rings. The van der Waals surface area contributed by atoms with Crippen molar-refractivity contribution in [2.45, 2.75) is 84.9 Å². The topological polar surface area (TPSA) is 6.48 Å². The Morgan fingerprint density at radius 2 is 1.29 bits per heavy atom. The highest BCUT2D eigenvalue weighted by molar-refractivity contribution is 6.55. The first-order valence-electron chi connectivity index (χ1n) is 11.7. The molecule has 0 atom stereocenters. The first-order chi connectivity index (χ1) is 13.7. The van der Waals surface area contributed by atoms with Crippen LogP contribution in [0.15, 0.2) is 30.8 Å². The molecular weight excluding hydrogens is 356 g/mol. The lowest BCUT2D eigenvalue weighted by Crippen LogP contribution is -2.55. The normalized spacial score (nSPS) is 11.7. The Kier molecular flexibility index (Phi) is 14.3. The van der Waals surface area contributed by atoms with E-state index in [1.54, 1.807) is 0 Å². The van der Waals surface area contributed by atoms with Gasteiger partial charge in [0.1, 0.15) is 9.52 Å². The van der Waals surface area contributed by atoms with E-state index in [1.165, 1.54) is 88.3 Å². The van der Waals surface area contributed by atoms with Gasteiger partial charge in [-0.1, -0.05) is 95.5 Å². The second-order valence-corrected chi connectivity index (χ2v) is 9.22. The summed E-state index contributed by atoms with van der Waals surface area (Å²) in [6.07, 6.45) is 12.3. The van der Waals surface area contributed by atoms with Gasteiger partial charge in [0.15, 0.2) is 0 Å². The molecule has 0 aliphatic rings. The molecule has 2 radical (unpaired) electrons. The van der Waals surface area contributed by atoms with Crippen LogP contribution in [0.5, 0.6) is 0 Å². The Morgan fingerprint density at radius 1 is 0.821 bits per heavy atom. The van der Waals surface area contributed by atoms with Gasteiger partial charge in [-0.3, -0.25) is 9.80 Å². The van der Waals surface area contributed by atoms with Crippen LogP contribution in [0.25, 0.3) is 6.08 Å². The minimum atomic E-state index is 0.538. The fourth-order valence-electron chi connectivity index (χ4n) is 3.48. The average Bonchev–Trinajstić information content (AvgIpc) is 2.73. The molecule has 0 amide bonds. The quantitative estimate of drug-likeness (QED) is 0.243. The van der Waals surface area contributed by atoms with Gasteiger partial charge in [-0.25, -0.2) is 0 Å². The number of hydrogen-bond acceptors (Lipinski definition) is 2. The van der Waals surface area contributed by atoms with Crippen molar-refractivity contribution < 1.29 is 0 Å². The van der Waals surface area contributed by atoms with Gasteiger partial charge < -0.3 is 0 Å². The lowest BCUT2D eigenvalue weighted by molar-refractivity contribution is 0.0911. The Morgan fingerprint density at radius 3 is 1.68 bits per heavy atom. The van der Waals surface area contributed by atoms with Gasteiger partial charge in [-0.2, -0.15) is 0 Å². The molecule has 0 N–H and O–H groups in total. The van der Waals surface area contributed by atoms with E-state index in [0.29, 0.717) is 5.79 Å². The maximum atomic E-state index is 3.97. The molecule has 1 rings (SSSR count). The van der Waals surface area contributed by atoms with Crippen LogP contribution < -0.4 is 5.19 Å². The van der Waals surface area contributed by atoms with Gasteiger partial charge in [-0.05, 0) is 57.4 Å². The van der Waals surface area contributed by atoms with Crippen LogP contribution in [-0.4, -0.2) is 51.3 Å². The Bertz CT molecular complexity index is 481. The first-order valence-corrected chi connectivity index (χ1v) is 12.7. The Labute approximate surface area is 178 Å². The average molecular weight is 401 g/mol. The Hall–Kier alpha value is -0.903. The van der Waals surface area contributed by atoms with Crippen molar-refractivity contribution in [2.24, 2.45) is 0 Å². The van der Waals surface area contributed by atoms with Gasteiger partial charge in [-0.15, -0.1) is 0 Å². The van der Waals surface area contributed by atoms with Gasteiger partial charge in [0, 0.05) is 0 Å². The maximum Gasteiger partial charge on any atom is 0.123 e. The summed E-state index contributed by atoms with van der Waals surface area (Å²) in [4.78, 5) is 5.61. The van der Waals surface area contributed by atoms with Crippen molar-refractivity contribution in [1.82, 2.24) is 9.80 Å². The molecule has 0 spiro atoms. The minimum Gasteiger partial charge on any atom is -0.291 e. The van der Waals surface area contributed by atoms with Crippen molar-refractivity contribution in [3.05, 3.63) is 36.4 Å². The van der Waals surface area contributed by atoms with Crippen molar-refractivity contribution in [3.63, 3.8) is 0 Å². The van der Waals surface area contributed by atoms with E-state index in [9.17, 15) is 0 Å². The van der Waals surface area contributed by atoms with Gasteiger partial charge in [0.2, 0.25) is 0 Å². The summed E-state index contributed by atoms with van der Waals surface area (Å²) in [5, 5.41) is 1.47. The van der Waals surface area contributed by atoms with Crippen molar-refractivity contribution >= 4 is 20.8 Å². The van der Waals surface area contributed by atoms with Gasteiger partial charge >= 0.3 is 0 Å². The third-order valence-electron chi connectivity index (χ3n) is 5.31. The third kappa shape index (κ3) is 9.53. The van der Waals surface area contributed by atoms with E-state index in [2.05, 4.69) is 68.3 Å². The predicted molar refractivity (Wildman–Crippen MR) is 128 cm³/mol. The zero-order valence-corrected chi connectivity index (χ0v) is 20.1. The van der Waals surface area contributed by atoms with E-state index in [4.69, 9.17) is 0 Å². The monoisotopic (exact) mass is 400 g/mol. The highest BCUT2D eigenvalue weighted by atomic mass is 28.2. The molecule has 158 valence electrons. The molecule has 0 heterocycles. The van der Waals surface area contributed by atoms with Crippen LogP contribution in [0.4, 0.5) is 0 Å². The lowest BCUT2D eigenvalue weighted by Gasteiger charge is -2.40. The van der Waals surface area contributed by atoms with E-state index in [-0.39, 0.29) is 0 Å². The number of benzene rings is 1. The number of unbranched alkanes of at least 4 members (excludes halogenated alkanes) is 4. The molecule has 3 heteroatoms. The molecule has 0 saturated carbocycles. The zero-order valence-electron chi connectivity index (χ0n) is 19.1. The highest BCUT2D eigenvalue weighted by Gasteiger charge is 2.25. The molecule has 0 aromatic heterocycles. The van der Waals surface area contributed by atoms with Crippen LogP contribution >= 0.6 is 0 Å². The lowest BCUT2D eigenvalue weighted by atomic mass is 10.2. The van der Waals surface area contributed by atoms with Crippen molar-refractivity contribution in [1.29, 1.82) is 0 Å². The first kappa shape index (κ1) is 25.1. The van der Waals surface area contributed by atoms with Crippen LogP contribution in [0.1, 0.15) is 84.6 Å². The summed E-state index contributed by atoms with van der Waals surface area (Å²) < 4.78 is 0. The fourth-order valence-corrected chi connectivity index (χ4v) is 5.10. The van der Waals surface area contributed by atoms with Crippen LogP contribution in [0.2, 0.25) is 0 Å². The van der Waals surface area contributed by atoms with E-state index >= 15 is 0 Å².